The van der Waals surface area contributed by atoms with Gasteiger partial charge in [-0.1, -0.05) is 38.1 Å². The minimum absolute atomic E-state index is 0.0684. The molecule has 2 aromatic rings. The summed E-state index contributed by atoms with van der Waals surface area (Å²) in [5.41, 5.74) is 0.214. The van der Waals surface area contributed by atoms with Crippen LogP contribution in [0.25, 0.3) is 0 Å². The van der Waals surface area contributed by atoms with Crippen molar-refractivity contribution in [2.24, 2.45) is 0 Å². The third kappa shape index (κ3) is 3.71. The standard InChI is InChI=1S/C15H19FN2O3S/c1-10(11-5-7-12(16)8-6-11)22(19,20)9-13-17-14(18-21-13)15(2,3)4/h5-8,10H,9H2,1-4H3. The molecule has 0 N–H and O–H groups in total. The number of nitrogens with zero attached hydrogens (tertiary/aromatic N) is 2. The van der Waals surface area contributed by atoms with Gasteiger partial charge in [-0.15, -0.1) is 0 Å². The summed E-state index contributed by atoms with van der Waals surface area (Å²) in [5.74, 6) is -0.208. The van der Waals surface area contributed by atoms with Crippen LogP contribution in [0.5, 0.6) is 0 Å². The van der Waals surface area contributed by atoms with E-state index in [0.717, 1.165) is 0 Å². The molecule has 1 heterocycles. The van der Waals surface area contributed by atoms with Crippen LogP contribution in [0.1, 0.15) is 50.2 Å². The first-order valence-corrected chi connectivity index (χ1v) is 8.61. The lowest BCUT2D eigenvalue weighted by Gasteiger charge is -2.12. The van der Waals surface area contributed by atoms with E-state index in [1.165, 1.54) is 24.3 Å². The predicted molar refractivity (Wildman–Crippen MR) is 80.4 cm³/mol. The Balaban J connectivity index is 2.20. The average Bonchev–Trinajstić information content (AvgIpc) is 2.86. The molecule has 1 atom stereocenters. The predicted octanol–water partition coefficient (Wildman–Crippen LogP) is 3.18. The Morgan fingerprint density at radius 2 is 1.82 bits per heavy atom. The summed E-state index contributed by atoms with van der Waals surface area (Å²) in [6.07, 6.45) is 0. The minimum atomic E-state index is -3.53. The number of rotatable bonds is 4. The van der Waals surface area contributed by atoms with Gasteiger partial charge in [0.15, 0.2) is 15.7 Å². The molecule has 1 unspecified atom stereocenters. The zero-order valence-corrected chi connectivity index (χ0v) is 13.8. The van der Waals surface area contributed by atoms with Gasteiger partial charge in [0.2, 0.25) is 5.89 Å². The SMILES string of the molecule is CC(c1ccc(F)cc1)S(=O)(=O)Cc1nc(C(C)(C)C)no1. The van der Waals surface area contributed by atoms with Gasteiger partial charge in [-0.05, 0) is 24.6 Å². The van der Waals surface area contributed by atoms with Gasteiger partial charge in [0.05, 0.1) is 5.25 Å². The normalized spacial score (nSPS) is 14.0. The van der Waals surface area contributed by atoms with E-state index in [1.54, 1.807) is 6.92 Å². The highest BCUT2D eigenvalue weighted by molar-refractivity contribution is 7.90. The summed E-state index contributed by atoms with van der Waals surface area (Å²) in [7, 11) is -3.53. The van der Waals surface area contributed by atoms with Crippen LogP contribution in [-0.2, 0) is 21.0 Å². The molecule has 0 saturated carbocycles. The second-order valence-electron chi connectivity index (χ2n) is 6.26. The Labute approximate surface area is 129 Å². The van der Waals surface area contributed by atoms with Crippen molar-refractivity contribution in [3.8, 4) is 0 Å². The van der Waals surface area contributed by atoms with Gasteiger partial charge in [0, 0.05) is 5.41 Å². The van der Waals surface area contributed by atoms with E-state index >= 15 is 0 Å². The molecule has 0 amide bonds. The molecule has 1 aromatic carbocycles. The Bertz CT molecular complexity index is 746. The summed E-state index contributed by atoms with van der Waals surface area (Å²) in [6.45, 7) is 7.30. The lowest BCUT2D eigenvalue weighted by molar-refractivity contribution is 0.371. The van der Waals surface area contributed by atoms with Crippen LogP contribution >= 0.6 is 0 Å². The Kier molecular flexibility index (Phi) is 4.37. The van der Waals surface area contributed by atoms with Gasteiger partial charge < -0.3 is 4.52 Å². The number of hydrogen-bond donors (Lipinski definition) is 0. The first-order chi connectivity index (χ1) is 10.1. The van der Waals surface area contributed by atoms with E-state index in [1.807, 2.05) is 20.8 Å². The van der Waals surface area contributed by atoms with E-state index in [4.69, 9.17) is 4.52 Å². The maximum atomic E-state index is 12.9. The smallest absolute Gasteiger partial charge is 0.241 e. The molecule has 120 valence electrons. The largest absolute Gasteiger partial charge is 0.338 e. The van der Waals surface area contributed by atoms with Gasteiger partial charge in [-0.3, -0.25) is 0 Å². The summed E-state index contributed by atoms with van der Waals surface area (Å²) < 4.78 is 42.8. The van der Waals surface area contributed by atoms with Gasteiger partial charge in [0.1, 0.15) is 11.6 Å². The van der Waals surface area contributed by atoms with Gasteiger partial charge in [0.25, 0.3) is 0 Å². The number of halogens is 1. The molecule has 0 aliphatic heterocycles. The highest BCUT2D eigenvalue weighted by Gasteiger charge is 2.28. The molecule has 2 rings (SSSR count). The van der Waals surface area contributed by atoms with Gasteiger partial charge in [-0.2, -0.15) is 4.98 Å². The van der Waals surface area contributed by atoms with E-state index in [2.05, 4.69) is 10.1 Å². The van der Waals surface area contributed by atoms with Crippen LogP contribution < -0.4 is 0 Å². The van der Waals surface area contributed by atoms with Crippen LogP contribution in [0.15, 0.2) is 28.8 Å². The first kappa shape index (κ1) is 16.6. The molecule has 1 aromatic heterocycles. The van der Waals surface area contributed by atoms with Crippen molar-refractivity contribution >= 4 is 9.84 Å². The second kappa shape index (κ2) is 5.79. The summed E-state index contributed by atoms with van der Waals surface area (Å²) in [5, 5.41) is 3.04. The van der Waals surface area contributed by atoms with Crippen LogP contribution in [0.4, 0.5) is 4.39 Å². The lowest BCUT2D eigenvalue weighted by atomic mass is 9.96. The van der Waals surface area contributed by atoms with Crippen molar-refractivity contribution in [2.75, 3.05) is 0 Å². The van der Waals surface area contributed by atoms with E-state index < -0.39 is 20.9 Å². The zero-order chi connectivity index (χ0) is 16.5. The Morgan fingerprint density at radius 3 is 2.32 bits per heavy atom. The summed E-state index contributed by atoms with van der Waals surface area (Å²) in [4.78, 5) is 4.14. The molecule has 22 heavy (non-hydrogen) atoms. The van der Waals surface area contributed by atoms with E-state index in [0.29, 0.717) is 11.4 Å². The topological polar surface area (TPSA) is 73.1 Å². The molecular weight excluding hydrogens is 307 g/mol. The third-order valence-corrected chi connectivity index (χ3v) is 5.34. The Morgan fingerprint density at radius 1 is 1.23 bits per heavy atom. The van der Waals surface area contributed by atoms with Crippen molar-refractivity contribution < 1.29 is 17.3 Å². The molecular formula is C15H19FN2O3S. The molecule has 0 aliphatic carbocycles. The Hall–Kier alpha value is -1.76. The molecule has 0 spiro atoms. The maximum absolute atomic E-state index is 12.9. The van der Waals surface area contributed by atoms with Gasteiger partial charge in [-0.25, -0.2) is 12.8 Å². The lowest BCUT2D eigenvalue weighted by Crippen LogP contribution is -2.15. The number of benzene rings is 1. The van der Waals surface area contributed by atoms with Crippen molar-refractivity contribution in [1.29, 1.82) is 0 Å². The number of hydrogen-bond acceptors (Lipinski definition) is 5. The third-order valence-electron chi connectivity index (χ3n) is 3.34. The second-order valence-corrected chi connectivity index (χ2v) is 8.58. The molecule has 0 saturated heterocycles. The monoisotopic (exact) mass is 326 g/mol. The highest BCUT2D eigenvalue weighted by atomic mass is 32.2. The maximum Gasteiger partial charge on any atom is 0.241 e. The fraction of sp³-hybridized carbons (Fsp3) is 0.467. The first-order valence-electron chi connectivity index (χ1n) is 6.90. The molecule has 0 bridgehead atoms. The van der Waals surface area contributed by atoms with Crippen LogP contribution in [-0.4, -0.2) is 18.6 Å². The van der Waals surface area contributed by atoms with Crippen LogP contribution in [0.2, 0.25) is 0 Å². The van der Waals surface area contributed by atoms with Crippen LogP contribution in [0.3, 0.4) is 0 Å². The average molecular weight is 326 g/mol. The molecule has 0 fully saturated rings. The van der Waals surface area contributed by atoms with Crippen LogP contribution in [0, 0.1) is 5.82 Å². The van der Waals surface area contributed by atoms with Gasteiger partial charge >= 0.3 is 0 Å². The summed E-state index contributed by atoms with van der Waals surface area (Å²) in [6, 6.07) is 5.41. The zero-order valence-electron chi connectivity index (χ0n) is 13.0. The number of sulfone groups is 1. The molecule has 0 aliphatic rings. The van der Waals surface area contributed by atoms with Crippen molar-refractivity contribution in [2.45, 2.75) is 44.1 Å². The van der Waals surface area contributed by atoms with Crippen molar-refractivity contribution in [3.63, 3.8) is 0 Å². The van der Waals surface area contributed by atoms with Crippen molar-refractivity contribution in [3.05, 3.63) is 47.4 Å². The minimum Gasteiger partial charge on any atom is -0.338 e. The highest BCUT2D eigenvalue weighted by Crippen LogP contribution is 2.26. The fourth-order valence-electron chi connectivity index (χ4n) is 1.86. The number of aromatic nitrogens is 2. The van der Waals surface area contributed by atoms with E-state index in [9.17, 15) is 12.8 Å². The molecule has 5 nitrogen and oxygen atoms in total. The van der Waals surface area contributed by atoms with E-state index in [-0.39, 0.29) is 17.1 Å². The summed E-state index contributed by atoms with van der Waals surface area (Å²) >= 11 is 0. The molecule has 7 heteroatoms. The fourth-order valence-corrected chi connectivity index (χ4v) is 3.14. The molecule has 0 radical (unpaired) electrons. The quantitative estimate of drug-likeness (QED) is 0.863. The van der Waals surface area contributed by atoms with Crippen molar-refractivity contribution in [1.82, 2.24) is 10.1 Å².